The Morgan fingerprint density at radius 3 is 2.50 bits per heavy atom. The van der Waals surface area contributed by atoms with Crippen molar-refractivity contribution < 1.29 is 18.3 Å². The predicted molar refractivity (Wildman–Crippen MR) is 75.0 cm³/mol. The Morgan fingerprint density at radius 1 is 1.30 bits per heavy atom. The maximum atomic E-state index is 12.7. The number of carboxylic acids is 1. The zero-order valence-electron chi connectivity index (χ0n) is 11.8. The van der Waals surface area contributed by atoms with E-state index in [0.29, 0.717) is 5.56 Å². The number of sulfonamides is 1. The van der Waals surface area contributed by atoms with Gasteiger partial charge in [-0.05, 0) is 37.0 Å². The van der Waals surface area contributed by atoms with Crippen LogP contribution in [0.2, 0.25) is 0 Å². The van der Waals surface area contributed by atoms with Crippen molar-refractivity contribution in [2.24, 2.45) is 11.8 Å². The van der Waals surface area contributed by atoms with E-state index in [-0.39, 0.29) is 23.9 Å². The first-order valence-corrected chi connectivity index (χ1v) is 7.97. The molecule has 0 bridgehead atoms. The van der Waals surface area contributed by atoms with Crippen LogP contribution in [0.3, 0.4) is 0 Å². The van der Waals surface area contributed by atoms with E-state index >= 15 is 0 Å². The van der Waals surface area contributed by atoms with Crippen molar-refractivity contribution >= 4 is 16.0 Å². The minimum atomic E-state index is -3.62. The van der Waals surface area contributed by atoms with Crippen molar-refractivity contribution in [2.45, 2.75) is 25.7 Å². The lowest BCUT2D eigenvalue weighted by atomic mass is 9.99. The molecule has 2 rings (SSSR count). The van der Waals surface area contributed by atoms with Gasteiger partial charge in [-0.15, -0.1) is 0 Å². The van der Waals surface area contributed by atoms with E-state index < -0.39 is 21.9 Å². The first-order chi connectivity index (χ1) is 9.23. The molecular weight excluding hydrogens is 278 g/mol. The Morgan fingerprint density at radius 2 is 1.95 bits per heavy atom. The third-order valence-corrected chi connectivity index (χ3v) is 5.83. The van der Waals surface area contributed by atoms with Gasteiger partial charge in [0, 0.05) is 13.1 Å². The molecule has 5 nitrogen and oxygen atoms in total. The van der Waals surface area contributed by atoms with Crippen molar-refractivity contribution in [3.8, 4) is 0 Å². The molecule has 1 aromatic carbocycles. The van der Waals surface area contributed by atoms with Gasteiger partial charge in [0.15, 0.2) is 0 Å². The van der Waals surface area contributed by atoms with Crippen molar-refractivity contribution in [1.29, 1.82) is 0 Å². The van der Waals surface area contributed by atoms with E-state index in [9.17, 15) is 13.2 Å². The summed E-state index contributed by atoms with van der Waals surface area (Å²) in [5.41, 5.74) is 1.55. The van der Waals surface area contributed by atoms with E-state index in [0.717, 1.165) is 5.56 Å². The number of benzene rings is 1. The summed E-state index contributed by atoms with van der Waals surface area (Å²) in [5.74, 6) is -1.74. The third kappa shape index (κ3) is 2.58. The van der Waals surface area contributed by atoms with Crippen LogP contribution in [0.15, 0.2) is 23.1 Å². The summed E-state index contributed by atoms with van der Waals surface area (Å²) in [6.45, 7) is 5.67. The van der Waals surface area contributed by atoms with Gasteiger partial charge in [-0.1, -0.05) is 19.1 Å². The molecule has 1 fully saturated rings. The zero-order chi connectivity index (χ0) is 15.1. The van der Waals surface area contributed by atoms with Gasteiger partial charge in [-0.3, -0.25) is 4.79 Å². The van der Waals surface area contributed by atoms with Gasteiger partial charge in [-0.2, -0.15) is 4.31 Å². The summed E-state index contributed by atoms with van der Waals surface area (Å²) >= 11 is 0. The first kappa shape index (κ1) is 15.0. The number of carbonyl (C=O) groups is 1. The van der Waals surface area contributed by atoms with Crippen LogP contribution in [-0.2, 0) is 14.8 Å². The highest BCUT2D eigenvalue weighted by Gasteiger charge is 2.41. The van der Waals surface area contributed by atoms with Crippen molar-refractivity contribution in [1.82, 2.24) is 4.31 Å². The summed E-state index contributed by atoms with van der Waals surface area (Å²) in [6, 6.07) is 5.28. The van der Waals surface area contributed by atoms with Crippen LogP contribution in [0.25, 0.3) is 0 Å². The molecule has 0 saturated carbocycles. The first-order valence-electron chi connectivity index (χ1n) is 6.53. The fourth-order valence-electron chi connectivity index (χ4n) is 2.56. The lowest BCUT2D eigenvalue weighted by Crippen LogP contribution is -2.30. The van der Waals surface area contributed by atoms with Crippen LogP contribution in [0.4, 0.5) is 0 Å². The summed E-state index contributed by atoms with van der Waals surface area (Å²) in [4.78, 5) is 11.4. The highest BCUT2D eigenvalue weighted by Crippen LogP contribution is 2.30. The van der Waals surface area contributed by atoms with E-state index in [1.165, 1.54) is 4.31 Å². The number of aryl methyl sites for hydroxylation is 2. The maximum absolute atomic E-state index is 12.7. The van der Waals surface area contributed by atoms with Crippen molar-refractivity contribution in [3.63, 3.8) is 0 Å². The van der Waals surface area contributed by atoms with Crippen LogP contribution >= 0.6 is 0 Å². The van der Waals surface area contributed by atoms with Crippen LogP contribution in [-0.4, -0.2) is 36.9 Å². The fraction of sp³-hybridized carbons (Fsp3) is 0.500. The highest BCUT2D eigenvalue weighted by molar-refractivity contribution is 7.89. The molecule has 0 amide bonds. The molecule has 1 heterocycles. The van der Waals surface area contributed by atoms with Gasteiger partial charge < -0.3 is 5.11 Å². The average Bonchev–Trinajstić information content (AvgIpc) is 2.75. The monoisotopic (exact) mass is 297 g/mol. The Kier molecular flexibility index (Phi) is 3.88. The molecule has 0 radical (unpaired) electrons. The lowest BCUT2D eigenvalue weighted by Gasteiger charge is -2.18. The van der Waals surface area contributed by atoms with E-state index in [1.54, 1.807) is 26.0 Å². The maximum Gasteiger partial charge on any atom is 0.308 e. The molecular formula is C14H19NO4S. The third-order valence-electron chi connectivity index (χ3n) is 3.86. The molecule has 1 saturated heterocycles. The van der Waals surface area contributed by atoms with Gasteiger partial charge in [-0.25, -0.2) is 8.42 Å². The van der Waals surface area contributed by atoms with Gasteiger partial charge in [0.2, 0.25) is 10.0 Å². The fourth-order valence-corrected chi connectivity index (χ4v) is 4.44. The lowest BCUT2D eigenvalue weighted by molar-refractivity contribution is -0.142. The Hall–Kier alpha value is -1.40. The molecule has 6 heteroatoms. The summed E-state index contributed by atoms with van der Waals surface area (Å²) in [7, 11) is -3.62. The largest absolute Gasteiger partial charge is 0.481 e. The molecule has 0 aliphatic carbocycles. The second-order valence-corrected chi connectivity index (χ2v) is 7.42. The quantitative estimate of drug-likeness (QED) is 0.920. The van der Waals surface area contributed by atoms with Crippen LogP contribution < -0.4 is 0 Å². The van der Waals surface area contributed by atoms with E-state index in [4.69, 9.17) is 5.11 Å². The smallest absolute Gasteiger partial charge is 0.308 e. The normalized spacial score (nSPS) is 23.9. The Bertz CT molecular complexity index is 639. The minimum absolute atomic E-state index is 0.0478. The molecule has 0 aromatic heterocycles. The molecule has 1 aliphatic heterocycles. The van der Waals surface area contributed by atoms with Gasteiger partial charge in [0.1, 0.15) is 0 Å². The van der Waals surface area contributed by atoms with E-state index in [1.807, 2.05) is 13.0 Å². The van der Waals surface area contributed by atoms with Crippen LogP contribution in [0.5, 0.6) is 0 Å². The molecule has 2 atom stereocenters. The second-order valence-electron chi connectivity index (χ2n) is 5.51. The minimum Gasteiger partial charge on any atom is -0.481 e. The van der Waals surface area contributed by atoms with Crippen LogP contribution in [0.1, 0.15) is 18.1 Å². The molecule has 1 N–H and O–H groups in total. The number of nitrogens with zero attached hydrogens (tertiary/aromatic N) is 1. The highest BCUT2D eigenvalue weighted by atomic mass is 32.2. The molecule has 1 aromatic rings. The zero-order valence-corrected chi connectivity index (χ0v) is 12.6. The van der Waals surface area contributed by atoms with Gasteiger partial charge in [0.05, 0.1) is 10.8 Å². The topological polar surface area (TPSA) is 74.7 Å². The van der Waals surface area contributed by atoms with Crippen molar-refractivity contribution in [2.75, 3.05) is 13.1 Å². The van der Waals surface area contributed by atoms with E-state index in [2.05, 4.69) is 0 Å². The average molecular weight is 297 g/mol. The Labute approximate surface area is 119 Å². The number of rotatable bonds is 3. The standard InChI is InChI=1S/C14H19NO4S/c1-9-4-5-10(2)13(6-9)20(18,19)15-7-11(3)12(8-15)14(16)17/h4-6,11-12H,7-8H2,1-3H3,(H,16,17)/t11-,12-/m1/s1. The van der Waals surface area contributed by atoms with Gasteiger partial charge >= 0.3 is 5.97 Å². The molecule has 0 spiro atoms. The molecule has 110 valence electrons. The summed E-state index contributed by atoms with van der Waals surface area (Å²) in [5, 5.41) is 9.11. The number of hydrogen-bond acceptors (Lipinski definition) is 3. The van der Waals surface area contributed by atoms with Crippen LogP contribution in [0, 0.1) is 25.7 Å². The summed E-state index contributed by atoms with van der Waals surface area (Å²) < 4.78 is 26.6. The summed E-state index contributed by atoms with van der Waals surface area (Å²) in [6.07, 6.45) is 0. The number of hydrogen-bond donors (Lipinski definition) is 1. The predicted octanol–water partition coefficient (Wildman–Crippen LogP) is 1.64. The number of aliphatic carboxylic acids is 1. The molecule has 0 unspecified atom stereocenters. The SMILES string of the molecule is Cc1ccc(C)c(S(=O)(=O)N2C[C@@H](C)[C@H](C(=O)O)C2)c1. The molecule has 1 aliphatic rings. The second kappa shape index (κ2) is 5.18. The molecule has 20 heavy (non-hydrogen) atoms. The van der Waals surface area contributed by atoms with Crippen molar-refractivity contribution in [3.05, 3.63) is 29.3 Å². The number of carboxylic acid groups (broad SMARTS) is 1. The Balaban J connectivity index is 2.37. The van der Waals surface area contributed by atoms with Gasteiger partial charge in [0.25, 0.3) is 0 Å².